The smallest absolute Gasteiger partial charge is 0.373 e. The van der Waals surface area contributed by atoms with E-state index < -0.39 is 0 Å². The Kier molecular flexibility index (Phi) is 11.9. The molecule has 0 radical (unpaired) electrons. The first-order valence-electron chi connectivity index (χ1n) is 7.95. The number of hydrogen-bond donors (Lipinski definition) is 1. The second-order valence-electron chi connectivity index (χ2n) is 5.15. The molecule has 1 N–H and O–H groups in total. The van der Waals surface area contributed by atoms with Crippen molar-refractivity contribution in [1.82, 2.24) is 0 Å². The van der Waals surface area contributed by atoms with Crippen LogP contribution in [0.25, 0.3) is 0 Å². The highest BCUT2D eigenvalue weighted by molar-refractivity contribution is 7.12. The van der Waals surface area contributed by atoms with Crippen LogP contribution in [0.2, 0.25) is 0 Å². The average molecular weight is 425 g/mol. The minimum atomic E-state index is -0.156. The summed E-state index contributed by atoms with van der Waals surface area (Å²) in [6, 6.07) is 6.12. The Bertz CT molecular complexity index is 785. The van der Waals surface area contributed by atoms with Crippen LogP contribution in [0.15, 0.2) is 45.1 Å². The second kappa shape index (κ2) is 14.0. The number of rotatable bonds is 2. The lowest BCUT2D eigenvalue weighted by Crippen LogP contribution is -2.14. The van der Waals surface area contributed by atoms with Gasteiger partial charge in [-0.2, -0.15) is 32.3 Å². The van der Waals surface area contributed by atoms with E-state index in [-0.39, 0.29) is 18.7 Å². The monoisotopic (exact) mass is 424 g/mol. The summed E-state index contributed by atoms with van der Waals surface area (Å²) in [4.78, 5) is 28.0. The predicted octanol–water partition coefficient (Wildman–Crippen LogP) is 4.22. The Morgan fingerprint density at radius 2 is 1.81 bits per heavy atom. The number of cyclic esters (lactones) is 1. The quantitative estimate of drug-likeness (QED) is 0.623. The molecule has 0 bridgehead atoms. The molecule has 0 saturated carbocycles. The van der Waals surface area contributed by atoms with E-state index in [4.69, 9.17) is 19.4 Å². The normalized spacial score (nSPS) is 11.1. The standard InChI is InChI=1S/C7H6O2S.C6H8OS.C5H6S.CO2/c8-7-6-5(1-3-9-7)2-4-10-6;7-3-1-6-2-4-8-5-6;1-5-2-3-6-4-5;2-1-3/h2,4H,1,3H2;2,4-5,7H,1,3H2;2-4H,1H3;. The van der Waals surface area contributed by atoms with E-state index in [2.05, 4.69) is 29.1 Å². The number of aliphatic hydroxyl groups is 1. The van der Waals surface area contributed by atoms with Gasteiger partial charge < -0.3 is 9.84 Å². The maximum atomic E-state index is 10.9. The van der Waals surface area contributed by atoms with Gasteiger partial charge in [-0.15, -0.1) is 11.3 Å². The summed E-state index contributed by atoms with van der Waals surface area (Å²) in [5.74, 6) is -0.156. The fraction of sp³-hybridized carbons (Fsp3) is 0.263. The van der Waals surface area contributed by atoms with Gasteiger partial charge in [0.05, 0.1) is 6.61 Å². The van der Waals surface area contributed by atoms with Crippen molar-refractivity contribution < 1.29 is 24.2 Å². The number of hydrogen-bond acceptors (Lipinski definition) is 8. The highest BCUT2D eigenvalue weighted by Crippen LogP contribution is 2.21. The number of esters is 1. The zero-order valence-electron chi connectivity index (χ0n) is 14.8. The number of carbonyl (C=O) groups is 1. The first-order valence-corrected chi connectivity index (χ1v) is 10.7. The Morgan fingerprint density at radius 3 is 2.30 bits per heavy atom. The summed E-state index contributed by atoms with van der Waals surface area (Å²) >= 11 is 4.87. The number of aryl methyl sites for hydroxylation is 1. The number of carbonyl (C=O) groups excluding carboxylic acids is 3. The van der Waals surface area contributed by atoms with Crippen LogP contribution in [0.1, 0.15) is 26.4 Å². The summed E-state index contributed by atoms with van der Waals surface area (Å²) in [6.45, 7) is 2.90. The zero-order valence-corrected chi connectivity index (χ0v) is 17.2. The third-order valence-corrected chi connectivity index (χ3v) is 5.65. The molecule has 4 heterocycles. The van der Waals surface area contributed by atoms with Crippen molar-refractivity contribution in [3.8, 4) is 0 Å². The molecule has 3 aromatic heterocycles. The van der Waals surface area contributed by atoms with Crippen molar-refractivity contribution in [2.45, 2.75) is 19.8 Å². The van der Waals surface area contributed by atoms with Crippen molar-refractivity contribution in [2.75, 3.05) is 13.2 Å². The topological polar surface area (TPSA) is 80.7 Å². The first kappa shape index (κ1) is 23.0. The van der Waals surface area contributed by atoms with E-state index in [9.17, 15) is 4.79 Å². The molecule has 0 spiro atoms. The Hall–Kier alpha value is -2.09. The molecule has 0 unspecified atom stereocenters. The molecular formula is C19H20O5S3. The Labute approximate surface area is 169 Å². The number of ether oxygens (including phenoxy) is 1. The molecule has 8 heteroatoms. The van der Waals surface area contributed by atoms with Gasteiger partial charge in [0, 0.05) is 13.0 Å². The molecule has 0 fully saturated rings. The van der Waals surface area contributed by atoms with E-state index >= 15 is 0 Å². The second-order valence-corrected chi connectivity index (χ2v) is 7.63. The molecule has 4 rings (SSSR count). The molecule has 0 aromatic carbocycles. The van der Waals surface area contributed by atoms with Crippen LogP contribution in [0.4, 0.5) is 0 Å². The van der Waals surface area contributed by atoms with Crippen LogP contribution < -0.4 is 0 Å². The van der Waals surface area contributed by atoms with Gasteiger partial charge in [-0.05, 0) is 75.1 Å². The van der Waals surface area contributed by atoms with E-state index in [1.54, 1.807) is 22.7 Å². The van der Waals surface area contributed by atoms with Gasteiger partial charge in [-0.1, -0.05) is 0 Å². The van der Waals surface area contributed by atoms with Gasteiger partial charge in [0.1, 0.15) is 4.88 Å². The molecule has 1 aliphatic rings. The van der Waals surface area contributed by atoms with Crippen molar-refractivity contribution in [1.29, 1.82) is 0 Å². The fourth-order valence-electron chi connectivity index (χ4n) is 1.93. The van der Waals surface area contributed by atoms with Crippen LogP contribution >= 0.6 is 34.0 Å². The van der Waals surface area contributed by atoms with Crippen molar-refractivity contribution in [2.24, 2.45) is 0 Å². The van der Waals surface area contributed by atoms with Gasteiger partial charge in [0.15, 0.2) is 0 Å². The Morgan fingerprint density at radius 1 is 1.11 bits per heavy atom. The van der Waals surface area contributed by atoms with Crippen LogP contribution in [0.5, 0.6) is 0 Å². The summed E-state index contributed by atoms with van der Waals surface area (Å²) < 4.78 is 4.83. The van der Waals surface area contributed by atoms with Crippen molar-refractivity contribution in [3.05, 3.63) is 66.7 Å². The van der Waals surface area contributed by atoms with Crippen LogP contribution in [0, 0.1) is 6.92 Å². The minimum absolute atomic E-state index is 0.156. The SMILES string of the molecule is Cc1ccsc1.O=C1OCCc2ccsc21.O=C=O.OCCc1ccsc1. The molecule has 0 amide bonds. The largest absolute Gasteiger partial charge is 0.461 e. The van der Waals surface area contributed by atoms with Gasteiger partial charge in [-0.3, -0.25) is 0 Å². The summed E-state index contributed by atoms with van der Waals surface area (Å²) in [7, 11) is 0. The summed E-state index contributed by atoms with van der Waals surface area (Å²) in [5, 5.41) is 18.6. The van der Waals surface area contributed by atoms with E-state index in [1.165, 1.54) is 22.5 Å². The Balaban J connectivity index is 0.000000194. The summed E-state index contributed by atoms with van der Waals surface area (Å²) in [6.07, 6.45) is 1.92. The maximum Gasteiger partial charge on any atom is 0.373 e. The van der Waals surface area contributed by atoms with E-state index in [0.717, 1.165) is 23.3 Å². The molecule has 27 heavy (non-hydrogen) atoms. The minimum Gasteiger partial charge on any atom is -0.461 e. The van der Waals surface area contributed by atoms with Crippen molar-refractivity contribution in [3.63, 3.8) is 0 Å². The highest BCUT2D eigenvalue weighted by atomic mass is 32.1. The molecule has 3 aromatic rings. The lowest BCUT2D eigenvalue weighted by molar-refractivity contribution is -0.191. The fourth-order valence-corrected chi connectivity index (χ4v) is 4.14. The predicted molar refractivity (Wildman–Crippen MR) is 107 cm³/mol. The summed E-state index contributed by atoms with van der Waals surface area (Å²) in [5.41, 5.74) is 3.73. The first-order chi connectivity index (χ1) is 13.1. The molecule has 0 saturated heterocycles. The van der Waals surface area contributed by atoms with Gasteiger partial charge >= 0.3 is 12.1 Å². The lowest BCUT2D eigenvalue weighted by atomic mass is 10.2. The van der Waals surface area contributed by atoms with Crippen LogP contribution in [-0.2, 0) is 27.2 Å². The third-order valence-electron chi connectivity index (χ3n) is 3.18. The lowest BCUT2D eigenvalue weighted by Gasteiger charge is -2.09. The number of thiophene rings is 3. The van der Waals surface area contributed by atoms with Crippen LogP contribution in [0.3, 0.4) is 0 Å². The van der Waals surface area contributed by atoms with Crippen LogP contribution in [-0.4, -0.2) is 30.4 Å². The maximum absolute atomic E-state index is 10.9. The molecule has 1 aliphatic heterocycles. The number of aliphatic hydroxyl groups excluding tert-OH is 1. The molecular weight excluding hydrogens is 404 g/mol. The number of fused-ring (bicyclic) bond motifs is 1. The average Bonchev–Trinajstić information content (AvgIpc) is 3.40. The van der Waals surface area contributed by atoms with Gasteiger partial charge in [-0.25, -0.2) is 4.79 Å². The molecule has 0 atom stereocenters. The van der Waals surface area contributed by atoms with Crippen molar-refractivity contribution >= 4 is 46.1 Å². The third kappa shape index (κ3) is 9.42. The van der Waals surface area contributed by atoms with Gasteiger partial charge in [0.2, 0.25) is 0 Å². The van der Waals surface area contributed by atoms with E-state index in [1.807, 2.05) is 22.9 Å². The highest BCUT2D eigenvalue weighted by Gasteiger charge is 2.18. The zero-order chi connectivity index (χ0) is 19.9. The molecule has 144 valence electrons. The van der Waals surface area contributed by atoms with E-state index in [0.29, 0.717) is 6.61 Å². The van der Waals surface area contributed by atoms with Gasteiger partial charge in [0.25, 0.3) is 0 Å². The molecule has 5 nitrogen and oxygen atoms in total. The molecule has 0 aliphatic carbocycles.